The molecule has 0 bridgehead atoms. The van der Waals surface area contributed by atoms with Crippen molar-refractivity contribution in [2.45, 2.75) is 38.0 Å². The first-order chi connectivity index (χ1) is 8.58. The maximum atomic E-state index is 4.72. The van der Waals surface area contributed by atoms with E-state index in [4.69, 9.17) is 4.98 Å². The number of nitrogens with zero attached hydrogens (tertiary/aromatic N) is 3. The molecule has 0 spiro atoms. The van der Waals surface area contributed by atoms with Crippen LogP contribution in [0.3, 0.4) is 0 Å². The van der Waals surface area contributed by atoms with Gasteiger partial charge in [0.05, 0.1) is 5.52 Å². The van der Waals surface area contributed by atoms with Crippen molar-refractivity contribution in [3.8, 4) is 0 Å². The molecule has 0 unspecified atom stereocenters. The Morgan fingerprint density at radius 2 is 1.89 bits per heavy atom. The zero-order valence-electron chi connectivity index (χ0n) is 11.3. The third-order valence-corrected chi connectivity index (χ3v) is 4.07. The van der Waals surface area contributed by atoms with Gasteiger partial charge in [-0.1, -0.05) is 19.8 Å². The van der Waals surface area contributed by atoms with Crippen LogP contribution < -0.4 is 4.90 Å². The number of rotatable bonds is 2. The lowest BCUT2D eigenvalue weighted by atomic mass is 9.88. The van der Waals surface area contributed by atoms with Crippen molar-refractivity contribution in [1.82, 2.24) is 15.0 Å². The number of nitrogens with one attached hydrogen (secondary N) is 1. The molecule has 0 radical (unpaired) electrons. The number of fused-ring (bicyclic) bond motifs is 1. The zero-order chi connectivity index (χ0) is 12.8. The third-order valence-electron chi connectivity index (χ3n) is 4.07. The van der Waals surface area contributed by atoms with Gasteiger partial charge in [-0.25, -0.2) is 9.97 Å². The topological polar surface area (TPSA) is 44.8 Å². The summed E-state index contributed by atoms with van der Waals surface area (Å²) in [7, 11) is 4.00. The Hall–Kier alpha value is -1.58. The summed E-state index contributed by atoms with van der Waals surface area (Å²) in [6, 6.07) is 4.10. The number of imidazole rings is 1. The molecular formula is C14H20N4. The summed E-state index contributed by atoms with van der Waals surface area (Å²) in [6.45, 7) is 2.31. The normalized spacial score (nSPS) is 18.4. The molecule has 96 valence electrons. The molecule has 1 fully saturated rings. The molecule has 2 aromatic rings. The zero-order valence-corrected chi connectivity index (χ0v) is 11.3. The van der Waals surface area contributed by atoms with Crippen LogP contribution >= 0.6 is 0 Å². The summed E-state index contributed by atoms with van der Waals surface area (Å²) >= 11 is 0. The lowest BCUT2D eigenvalue weighted by Crippen LogP contribution is -2.18. The van der Waals surface area contributed by atoms with Gasteiger partial charge in [0.15, 0.2) is 5.65 Å². The Labute approximate surface area is 107 Å². The van der Waals surface area contributed by atoms with Gasteiger partial charge in [0, 0.05) is 19.5 Å². The number of hydrogen-bond acceptors (Lipinski definition) is 3. The van der Waals surface area contributed by atoms with Crippen LogP contribution in [0.1, 0.15) is 38.4 Å². The van der Waals surface area contributed by atoms with E-state index in [9.17, 15) is 0 Å². The highest BCUT2D eigenvalue weighted by atomic mass is 15.2. The van der Waals surface area contributed by atoms with E-state index in [0.717, 1.165) is 22.8 Å². The fourth-order valence-corrected chi connectivity index (χ4v) is 2.81. The minimum absolute atomic E-state index is 0.221. The molecule has 3 rings (SSSR count). The monoisotopic (exact) mass is 244 g/mol. The highest BCUT2D eigenvalue weighted by molar-refractivity contribution is 5.73. The first-order valence-electron chi connectivity index (χ1n) is 6.63. The van der Waals surface area contributed by atoms with E-state index in [1.807, 2.05) is 25.1 Å². The summed E-state index contributed by atoms with van der Waals surface area (Å²) in [5, 5.41) is 0. The first-order valence-corrected chi connectivity index (χ1v) is 6.63. The van der Waals surface area contributed by atoms with Crippen LogP contribution in [0.2, 0.25) is 0 Å². The molecule has 0 aliphatic heterocycles. The quantitative estimate of drug-likeness (QED) is 0.883. The number of aromatic amines is 1. The van der Waals surface area contributed by atoms with Crippen molar-refractivity contribution in [3.63, 3.8) is 0 Å². The second-order valence-corrected chi connectivity index (χ2v) is 5.79. The molecule has 2 aromatic heterocycles. The molecule has 0 saturated heterocycles. The van der Waals surface area contributed by atoms with Crippen LogP contribution in [0.15, 0.2) is 12.1 Å². The lowest BCUT2D eigenvalue weighted by molar-refractivity contribution is 0.464. The molecule has 0 amide bonds. The van der Waals surface area contributed by atoms with Crippen molar-refractivity contribution in [2.75, 3.05) is 19.0 Å². The van der Waals surface area contributed by atoms with Crippen molar-refractivity contribution >= 4 is 17.0 Å². The number of anilines is 1. The molecule has 1 saturated carbocycles. The molecule has 4 heteroatoms. The smallest absolute Gasteiger partial charge is 0.179 e. The predicted molar refractivity (Wildman–Crippen MR) is 74.0 cm³/mol. The number of H-pyrrole nitrogens is 1. The van der Waals surface area contributed by atoms with Crippen LogP contribution in [-0.4, -0.2) is 29.0 Å². The molecule has 18 heavy (non-hydrogen) atoms. The minimum Gasteiger partial charge on any atom is -0.363 e. The van der Waals surface area contributed by atoms with Gasteiger partial charge in [-0.2, -0.15) is 0 Å². The van der Waals surface area contributed by atoms with Crippen LogP contribution in [0.25, 0.3) is 11.2 Å². The van der Waals surface area contributed by atoms with Gasteiger partial charge in [0.1, 0.15) is 11.6 Å². The van der Waals surface area contributed by atoms with E-state index in [1.165, 1.54) is 25.7 Å². The van der Waals surface area contributed by atoms with Gasteiger partial charge in [0.25, 0.3) is 0 Å². The number of aromatic nitrogens is 3. The van der Waals surface area contributed by atoms with Gasteiger partial charge in [-0.05, 0) is 25.0 Å². The molecule has 0 aromatic carbocycles. The van der Waals surface area contributed by atoms with Crippen molar-refractivity contribution in [1.29, 1.82) is 0 Å². The summed E-state index contributed by atoms with van der Waals surface area (Å²) in [6.07, 6.45) is 5.08. The third kappa shape index (κ3) is 1.76. The minimum atomic E-state index is 0.221. The van der Waals surface area contributed by atoms with Crippen molar-refractivity contribution in [3.05, 3.63) is 18.0 Å². The molecule has 0 atom stereocenters. The standard InChI is InChI=1S/C14H20N4/c1-14(8-4-5-9-14)13-15-10-6-7-11(18(2)3)16-12(10)17-13/h6-7H,4-5,8-9H2,1-3H3,(H,15,16,17). The summed E-state index contributed by atoms with van der Waals surface area (Å²) < 4.78 is 0. The SMILES string of the molecule is CN(C)c1ccc2[nH]c(C3(C)CCCC3)nc2n1. The van der Waals surface area contributed by atoms with E-state index in [2.05, 4.69) is 23.0 Å². The van der Waals surface area contributed by atoms with Crippen molar-refractivity contribution < 1.29 is 0 Å². The Kier molecular flexibility index (Phi) is 2.54. The average Bonchev–Trinajstić information content (AvgIpc) is 2.94. The molecule has 1 aliphatic rings. The Bertz CT molecular complexity index is 564. The molecule has 2 heterocycles. The van der Waals surface area contributed by atoms with Gasteiger partial charge < -0.3 is 9.88 Å². The number of pyridine rings is 1. The Morgan fingerprint density at radius 3 is 2.56 bits per heavy atom. The van der Waals surface area contributed by atoms with E-state index >= 15 is 0 Å². The van der Waals surface area contributed by atoms with Gasteiger partial charge in [-0.3, -0.25) is 0 Å². The predicted octanol–water partition coefficient (Wildman–Crippen LogP) is 2.86. The summed E-state index contributed by atoms with van der Waals surface area (Å²) in [4.78, 5) is 14.8. The Morgan fingerprint density at radius 1 is 1.17 bits per heavy atom. The summed E-state index contributed by atoms with van der Waals surface area (Å²) in [5.74, 6) is 2.07. The first kappa shape index (κ1) is 11.5. The summed E-state index contributed by atoms with van der Waals surface area (Å²) in [5.41, 5.74) is 2.10. The average molecular weight is 244 g/mol. The fraction of sp³-hybridized carbons (Fsp3) is 0.571. The van der Waals surface area contributed by atoms with E-state index < -0.39 is 0 Å². The second-order valence-electron chi connectivity index (χ2n) is 5.79. The van der Waals surface area contributed by atoms with Gasteiger partial charge in [0.2, 0.25) is 0 Å². The molecular weight excluding hydrogens is 224 g/mol. The van der Waals surface area contributed by atoms with Crippen molar-refractivity contribution in [2.24, 2.45) is 0 Å². The van der Waals surface area contributed by atoms with Gasteiger partial charge in [-0.15, -0.1) is 0 Å². The number of hydrogen-bond donors (Lipinski definition) is 1. The molecule has 4 nitrogen and oxygen atoms in total. The lowest BCUT2D eigenvalue weighted by Gasteiger charge is -2.19. The van der Waals surface area contributed by atoms with Gasteiger partial charge >= 0.3 is 0 Å². The van der Waals surface area contributed by atoms with E-state index in [-0.39, 0.29) is 5.41 Å². The molecule has 1 N–H and O–H groups in total. The largest absolute Gasteiger partial charge is 0.363 e. The van der Waals surface area contributed by atoms with E-state index in [0.29, 0.717) is 0 Å². The van der Waals surface area contributed by atoms with Crippen LogP contribution in [0.4, 0.5) is 5.82 Å². The second kappa shape index (κ2) is 3.97. The maximum Gasteiger partial charge on any atom is 0.179 e. The highest BCUT2D eigenvalue weighted by Gasteiger charge is 2.33. The Balaban J connectivity index is 2.05. The van der Waals surface area contributed by atoms with Crippen LogP contribution in [0, 0.1) is 0 Å². The van der Waals surface area contributed by atoms with Crippen LogP contribution in [-0.2, 0) is 5.41 Å². The van der Waals surface area contributed by atoms with E-state index in [1.54, 1.807) is 0 Å². The maximum absolute atomic E-state index is 4.72. The van der Waals surface area contributed by atoms with Crippen LogP contribution in [0.5, 0.6) is 0 Å². The highest BCUT2D eigenvalue weighted by Crippen LogP contribution is 2.39. The fourth-order valence-electron chi connectivity index (χ4n) is 2.81. The molecule has 1 aliphatic carbocycles.